The lowest BCUT2D eigenvalue weighted by Crippen LogP contribution is -2.72. The number of Topliss-reactive ketones (excluding diaryl/α,β-unsaturated/α-hetero) is 1. The molecule has 4 atom stereocenters. The first-order valence-electron chi connectivity index (χ1n) is 11.3. The third-order valence-corrected chi connectivity index (χ3v) is 6.43. The molecule has 2 aromatic rings. The number of hydrogen-bond acceptors (Lipinski definition) is 9. The summed E-state index contributed by atoms with van der Waals surface area (Å²) in [6.45, 7) is 1.53. The number of nitrogens with zero attached hydrogens (tertiary/aromatic N) is 7. The molecular formula is C21H20F3N9O7. The van der Waals surface area contributed by atoms with Crippen LogP contribution in [0.25, 0.3) is 5.53 Å². The molecule has 0 spiro atoms. The van der Waals surface area contributed by atoms with Crippen molar-refractivity contribution in [2.24, 2.45) is 11.3 Å². The predicted molar refractivity (Wildman–Crippen MR) is 122 cm³/mol. The number of carboxylic acids is 1. The summed E-state index contributed by atoms with van der Waals surface area (Å²) >= 11 is 0. The molecule has 212 valence electrons. The van der Waals surface area contributed by atoms with Crippen molar-refractivity contribution in [3.05, 3.63) is 51.3 Å². The van der Waals surface area contributed by atoms with Crippen LogP contribution in [-0.2, 0) is 38.3 Å². The predicted octanol–water partition coefficient (Wildman–Crippen LogP) is -0.207. The van der Waals surface area contributed by atoms with Gasteiger partial charge in [0.15, 0.2) is 0 Å². The largest absolute Gasteiger partial charge is 0.472 e. The Bertz CT molecular complexity index is 1440. The summed E-state index contributed by atoms with van der Waals surface area (Å²) in [7, 11) is 0. The highest BCUT2D eigenvalue weighted by Crippen LogP contribution is 2.40. The maximum Gasteiger partial charge on any atom is 0.453 e. The number of hydrogen-bond donors (Lipinski definition) is 3. The van der Waals surface area contributed by atoms with E-state index in [1.807, 2.05) is 0 Å². The molecule has 3 N–H and O–H groups in total. The highest BCUT2D eigenvalue weighted by molar-refractivity contribution is 6.63. The number of nitrogens with one attached hydrogen (secondary N) is 2. The second-order valence-electron chi connectivity index (χ2n) is 9.09. The van der Waals surface area contributed by atoms with Gasteiger partial charge in [-0.05, 0) is 30.7 Å². The van der Waals surface area contributed by atoms with E-state index in [1.54, 1.807) is 0 Å². The highest BCUT2D eigenvalue weighted by Gasteiger charge is 2.59. The number of carbonyl (C=O) groups is 4. The minimum atomic E-state index is -4.95. The molecule has 19 heteroatoms. The molecule has 1 unspecified atom stereocenters. The van der Waals surface area contributed by atoms with Crippen LogP contribution < -0.4 is 10.6 Å². The van der Waals surface area contributed by atoms with Crippen LogP contribution in [0.1, 0.15) is 25.2 Å². The SMILES string of the molecule is C[C@@H](NC(=O)Cn1nnnc1C(F)(F)F)[C@H]1C(=O)N[C@H]1C(C)(Cc1ccccc1[N+](=O)[O-])C(=O)C(=[N+]=[N-])C(=O)O. The first-order valence-corrected chi connectivity index (χ1v) is 11.3. The van der Waals surface area contributed by atoms with Crippen molar-refractivity contribution >= 4 is 35.0 Å². The minimum Gasteiger partial charge on any atom is -0.472 e. The van der Waals surface area contributed by atoms with Crippen molar-refractivity contribution in [2.45, 2.75) is 45.1 Å². The second kappa shape index (κ2) is 11.0. The van der Waals surface area contributed by atoms with Crippen molar-refractivity contribution in [3.63, 3.8) is 0 Å². The number of aromatic nitrogens is 4. The van der Waals surface area contributed by atoms with E-state index in [0.29, 0.717) is 0 Å². The zero-order valence-electron chi connectivity index (χ0n) is 20.6. The minimum absolute atomic E-state index is 0.0130. The van der Waals surface area contributed by atoms with E-state index in [1.165, 1.54) is 32.0 Å². The van der Waals surface area contributed by atoms with E-state index < -0.39 is 88.3 Å². The lowest BCUT2D eigenvalue weighted by Gasteiger charge is -2.48. The Labute approximate surface area is 221 Å². The maximum atomic E-state index is 13.4. The Morgan fingerprint density at radius 3 is 2.52 bits per heavy atom. The maximum absolute atomic E-state index is 13.4. The number of rotatable bonds is 11. The summed E-state index contributed by atoms with van der Waals surface area (Å²) in [5.41, 5.74) is 5.49. The summed E-state index contributed by atoms with van der Waals surface area (Å²) in [5.74, 6) is -7.73. The van der Waals surface area contributed by atoms with Gasteiger partial charge in [0.05, 0.1) is 22.3 Å². The third kappa shape index (κ3) is 5.68. The van der Waals surface area contributed by atoms with E-state index in [9.17, 15) is 53.1 Å². The van der Waals surface area contributed by atoms with Crippen molar-refractivity contribution < 1.29 is 47.2 Å². The quantitative estimate of drug-likeness (QED) is 0.0614. The van der Waals surface area contributed by atoms with Gasteiger partial charge >= 0.3 is 17.9 Å². The first-order chi connectivity index (χ1) is 18.6. The molecule has 16 nitrogen and oxygen atoms in total. The van der Waals surface area contributed by atoms with E-state index in [2.05, 4.69) is 30.9 Å². The fourth-order valence-corrected chi connectivity index (χ4v) is 4.53. The molecule has 0 saturated carbocycles. The van der Waals surface area contributed by atoms with Crippen LogP contribution in [0, 0.1) is 21.4 Å². The van der Waals surface area contributed by atoms with Crippen molar-refractivity contribution in [1.29, 1.82) is 0 Å². The number of amides is 2. The third-order valence-electron chi connectivity index (χ3n) is 6.43. The number of nitro benzene ring substituents is 1. The lowest BCUT2D eigenvalue weighted by molar-refractivity contribution is -0.385. The number of para-hydroxylation sites is 1. The molecule has 2 heterocycles. The van der Waals surface area contributed by atoms with Crippen molar-refractivity contribution in [3.8, 4) is 0 Å². The van der Waals surface area contributed by atoms with E-state index >= 15 is 0 Å². The van der Waals surface area contributed by atoms with Gasteiger partial charge in [0.2, 0.25) is 11.8 Å². The summed E-state index contributed by atoms with van der Waals surface area (Å²) in [6.07, 6.45) is -5.45. The number of alkyl halides is 3. The molecule has 1 saturated heterocycles. The standard InChI is InChI=1S/C21H20F3N9O7/c1-9(26-12(34)8-32-19(21(22,23)24)29-30-31-32)13-15(27-17(13)36)20(2,16(35)14(28-25)18(37)38)7-10-5-3-4-6-11(10)33(39)40/h3-6,9,13,15H,7-8H2,1-2H3,(H,26,34)(H,27,36)(H,37,38)/t9-,13-,15-,20?/m1/s1. The summed E-state index contributed by atoms with van der Waals surface area (Å²) < 4.78 is 39.2. The highest BCUT2D eigenvalue weighted by atomic mass is 19.4. The van der Waals surface area contributed by atoms with Gasteiger partial charge in [-0.25, -0.2) is 9.48 Å². The Morgan fingerprint density at radius 1 is 1.32 bits per heavy atom. The van der Waals surface area contributed by atoms with Crippen LogP contribution in [0.2, 0.25) is 0 Å². The molecule has 0 aliphatic carbocycles. The average molecular weight is 567 g/mol. The molecule has 0 radical (unpaired) electrons. The molecule has 1 aromatic heterocycles. The summed E-state index contributed by atoms with van der Waals surface area (Å²) in [6, 6.07) is 2.84. The van der Waals surface area contributed by atoms with Gasteiger partial charge in [0, 0.05) is 17.7 Å². The first kappa shape index (κ1) is 29.5. The molecule has 40 heavy (non-hydrogen) atoms. The van der Waals surface area contributed by atoms with E-state index in [4.69, 9.17) is 0 Å². The number of tetrazole rings is 1. The zero-order valence-corrected chi connectivity index (χ0v) is 20.6. The molecule has 1 aliphatic rings. The Hall–Kier alpha value is -5.06. The zero-order chi connectivity index (χ0) is 30.0. The Morgan fingerprint density at radius 2 is 1.98 bits per heavy atom. The normalized spacial score (nSPS) is 18.8. The van der Waals surface area contributed by atoms with Crippen LogP contribution in [0.5, 0.6) is 0 Å². The van der Waals surface area contributed by atoms with Gasteiger partial charge in [-0.3, -0.25) is 24.5 Å². The Kier molecular flexibility index (Phi) is 8.09. The molecule has 1 fully saturated rings. The number of halogens is 3. The monoisotopic (exact) mass is 567 g/mol. The molecule has 3 rings (SSSR count). The number of benzene rings is 1. The van der Waals surface area contributed by atoms with E-state index in [-0.39, 0.29) is 10.2 Å². The molecule has 0 bridgehead atoms. The average Bonchev–Trinajstić information content (AvgIpc) is 3.31. The molecule has 2 amide bonds. The molecular weight excluding hydrogens is 547 g/mol. The van der Waals surface area contributed by atoms with Crippen molar-refractivity contribution in [2.75, 3.05) is 0 Å². The second-order valence-corrected chi connectivity index (χ2v) is 9.09. The topological polar surface area (TPSA) is 236 Å². The molecule has 1 aromatic carbocycles. The van der Waals surface area contributed by atoms with Gasteiger partial charge in [-0.15, -0.1) is 5.10 Å². The van der Waals surface area contributed by atoms with E-state index in [0.717, 1.165) is 6.07 Å². The number of nitro groups is 1. The van der Waals surface area contributed by atoms with Crippen molar-refractivity contribution in [1.82, 2.24) is 30.8 Å². The van der Waals surface area contributed by atoms with Gasteiger partial charge in [-0.1, -0.05) is 18.2 Å². The number of β-lactam (4-membered cyclic amide) rings is 1. The summed E-state index contributed by atoms with van der Waals surface area (Å²) in [5, 5.41) is 34.5. The number of aliphatic carboxylic acids is 1. The smallest absolute Gasteiger partial charge is 0.453 e. The van der Waals surface area contributed by atoms with Crippen LogP contribution in [-0.4, -0.2) is 76.4 Å². The van der Waals surface area contributed by atoms with Crippen LogP contribution in [0.15, 0.2) is 24.3 Å². The lowest BCUT2D eigenvalue weighted by atomic mass is 9.63. The van der Waals surface area contributed by atoms with Crippen LogP contribution >= 0.6 is 0 Å². The molecule has 1 aliphatic heterocycles. The number of ketones is 1. The number of carbonyl (C=O) groups excluding carboxylic acids is 3. The van der Waals surface area contributed by atoms with Gasteiger partial charge in [-0.2, -0.15) is 18.0 Å². The Balaban J connectivity index is 1.93. The number of carboxylic acid groups (broad SMARTS) is 1. The van der Waals surface area contributed by atoms with Gasteiger partial charge in [0.1, 0.15) is 6.54 Å². The van der Waals surface area contributed by atoms with Crippen LogP contribution in [0.3, 0.4) is 0 Å². The van der Waals surface area contributed by atoms with Gasteiger partial charge in [0.25, 0.3) is 17.3 Å². The van der Waals surface area contributed by atoms with Crippen LogP contribution in [0.4, 0.5) is 18.9 Å². The fraction of sp³-hybridized carbons (Fsp3) is 0.429. The van der Waals surface area contributed by atoms with Gasteiger partial charge < -0.3 is 21.3 Å². The summed E-state index contributed by atoms with van der Waals surface area (Å²) in [4.78, 5) is 63.4. The fourth-order valence-electron chi connectivity index (χ4n) is 4.53.